The third-order valence-corrected chi connectivity index (χ3v) is 3.87. The average Bonchev–Trinajstić information content (AvgIpc) is 2.32. The monoisotopic (exact) mass is 243 g/mol. The largest absolute Gasteiger partial charge is 0.379 e. The van der Waals surface area contributed by atoms with Crippen molar-refractivity contribution < 1.29 is 9.47 Å². The Morgan fingerprint density at radius 1 is 1.00 bits per heavy atom. The van der Waals surface area contributed by atoms with Crippen molar-refractivity contribution in [3.63, 3.8) is 0 Å². The quantitative estimate of drug-likeness (QED) is 0.699. The van der Waals surface area contributed by atoms with Crippen molar-refractivity contribution in [1.29, 1.82) is 0 Å². The minimum atomic E-state index is -0.0783. The lowest BCUT2D eigenvalue weighted by Crippen LogP contribution is -2.46. The topological polar surface area (TPSA) is 44.5 Å². The first-order valence-electron chi connectivity index (χ1n) is 6.95. The third-order valence-electron chi connectivity index (χ3n) is 3.87. The summed E-state index contributed by atoms with van der Waals surface area (Å²) in [6.07, 6.45) is 5.66. The van der Waals surface area contributed by atoms with E-state index >= 15 is 0 Å². The van der Waals surface area contributed by atoms with E-state index in [9.17, 15) is 0 Å². The molecule has 1 fully saturated rings. The van der Waals surface area contributed by atoms with E-state index in [4.69, 9.17) is 15.2 Å². The van der Waals surface area contributed by atoms with E-state index < -0.39 is 0 Å². The highest BCUT2D eigenvalue weighted by Crippen LogP contribution is 2.41. The molecular formula is C14H29NO2. The van der Waals surface area contributed by atoms with Crippen molar-refractivity contribution in [3.05, 3.63) is 0 Å². The Bertz CT molecular complexity index is 206. The molecule has 0 heterocycles. The van der Waals surface area contributed by atoms with E-state index in [1.165, 1.54) is 12.8 Å². The summed E-state index contributed by atoms with van der Waals surface area (Å²) in [6, 6.07) is 0. The van der Waals surface area contributed by atoms with Gasteiger partial charge in [-0.1, -0.05) is 20.8 Å². The highest BCUT2D eigenvalue weighted by Gasteiger charge is 2.37. The van der Waals surface area contributed by atoms with Crippen molar-refractivity contribution in [2.45, 2.75) is 58.5 Å². The molecule has 0 bridgehead atoms. The van der Waals surface area contributed by atoms with Crippen molar-refractivity contribution in [1.82, 2.24) is 0 Å². The van der Waals surface area contributed by atoms with Crippen molar-refractivity contribution in [2.75, 3.05) is 26.4 Å². The van der Waals surface area contributed by atoms with Gasteiger partial charge in [0.2, 0.25) is 0 Å². The molecule has 1 aliphatic rings. The van der Waals surface area contributed by atoms with Gasteiger partial charge in [-0.25, -0.2) is 0 Å². The molecule has 0 radical (unpaired) electrons. The fourth-order valence-electron chi connectivity index (χ4n) is 2.35. The minimum absolute atomic E-state index is 0.0783. The van der Waals surface area contributed by atoms with Crippen LogP contribution < -0.4 is 5.73 Å². The van der Waals surface area contributed by atoms with E-state index in [-0.39, 0.29) is 5.60 Å². The van der Waals surface area contributed by atoms with Crippen molar-refractivity contribution in [3.8, 4) is 0 Å². The Kier molecular flexibility index (Phi) is 5.90. The van der Waals surface area contributed by atoms with Crippen LogP contribution in [0, 0.1) is 5.41 Å². The van der Waals surface area contributed by atoms with E-state index in [2.05, 4.69) is 20.8 Å². The van der Waals surface area contributed by atoms with Gasteiger partial charge in [0.05, 0.1) is 18.8 Å². The maximum absolute atomic E-state index is 6.01. The Morgan fingerprint density at radius 2 is 1.65 bits per heavy atom. The highest BCUT2D eigenvalue weighted by atomic mass is 16.5. The molecule has 102 valence electrons. The lowest BCUT2D eigenvalue weighted by Gasteiger charge is -2.42. The molecule has 0 aromatic rings. The molecule has 1 saturated carbocycles. The Labute approximate surface area is 106 Å². The SMILES string of the molecule is CCCOCCOC1(CN)CCC(C)(C)CC1. The second-order valence-corrected chi connectivity index (χ2v) is 6.01. The van der Waals surface area contributed by atoms with Gasteiger partial charge in [0.1, 0.15) is 0 Å². The van der Waals surface area contributed by atoms with Crippen LogP contribution in [0.3, 0.4) is 0 Å². The first-order valence-corrected chi connectivity index (χ1v) is 6.95. The molecule has 1 aliphatic carbocycles. The summed E-state index contributed by atoms with van der Waals surface area (Å²) >= 11 is 0. The lowest BCUT2D eigenvalue weighted by molar-refractivity contribution is -0.0962. The van der Waals surface area contributed by atoms with Gasteiger partial charge in [0.25, 0.3) is 0 Å². The first kappa shape index (κ1) is 14.9. The van der Waals surface area contributed by atoms with Crippen LogP contribution in [0.5, 0.6) is 0 Å². The molecule has 17 heavy (non-hydrogen) atoms. The number of ether oxygens (including phenoxy) is 2. The standard InChI is InChI=1S/C14H29NO2/c1-4-9-16-10-11-17-14(12-15)7-5-13(2,3)6-8-14/h4-12,15H2,1-3H3. The summed E-state index contributed by atoms with van der Waals surface area (Å²) in [4.78, 5) is 0. The maximum atomic E-state index is 6.01. The Balaban J connectivity index is 2.27. The fourth-order valence-corrected chi connectivity index (χ4v) is 2.35. The molecule has 0 saturated heterocycles. The van der Waals surface area contributed by atoms with Crippen LogP contribution in [0.1, 0.15) is 52.9 Å². The summed E-state index contributed by atoms with van der Waals surface area (Å²) in [5.74, 6) is 0. The first-order chi connectivity index (χ1) is 8.04. The van der Waals surface area contributed by atoms with Gasteiger partial charge in [-0.05, 0) is 37.5 Å². The molecule has 0 unspecified atom stereocenters. The number of hydrogen-bond donors (Lipinski definition) is 1. The summed E-state index contributed by atoms with van der Waals surface area (Å²) < 4.78 is 11.4. The molecule has 0 spiro atoms. The van der Waals surface area contributed by atoms with Crippen LogP contribution >= 0.6 is 0 Å². The highest BCUT2D eigenvalue weighted by molar-refractivity contribution is 4.91. The van der Waals surface area contributed by atoms with Crippen LogP contribution in [0.15, 0.2) is 0 Å². The van der Waals surface area contributed by atoms with Gasteiger partial charge < -0.3 is 15.2 Å². The van der Waals surface area contributed by atoms with E-state index in [1.54, 1.807) is 0 Å². The molecule has 3 nitrogen and oxygen atoms in total. The molecule has 0 amide bonds. The molecule has 0 aromatic heterocycles. The van der Waals surface area contributed by atoms with Gasteiger partial charge >= 0.3 is 0 Å². The summed E-state index contributed by atoms with van der Waals surface area (Å²) in [5.41, 5.74) is 6.28. The summed E-state index contributed by atoms with van der Waals surface area (Å²) in [5, 5.41) is 0. The van der Waals surface area contributed by atoms with Gasteiger partial charge in [-0.3, -0.25) is 0 Å². The Hall–Kier alpha value is -0.120. The molecule has 3 heteroatoms. The molecule has 0 aromatic carbocycles. The molecule has 2 N–H and O–H groups in total. The van der Waals surface area contributed by atoms with Gasteiger partial charge in [0.15, 0.2) is 0 Å². The van der Waals surface area contributed by atoms with Crippen LogP contribution in [0.2, 0.25) is 0 Å². The molecular weight excluding hydrogens is 214 g/mol. The summed E-state index contributed by atoms with van der Waals surface area (Å²) in [6.45, 7) is 9.61. The van der Waals surface area contributed by atoms with Crippen LogP contribution in [-0.2, 0) is 9.47 Å². The lowest BCUT2D eigenvalue weighted by atomic mass is 9.71. The van der Waals surface area contributed by atoms with Crippen molar-refractivity contribution in [2.24, 2.45) is 11.1 Å². The maximum Gasteiger partial charge on any atom is 0.0805 e. The van der Waals surface area contributed by atoms with Gasteiger partial charge in [0, 0.05) is 13.2 Å². The number of rotatable bonds is 7. The normalized spacial score (nSPS) is 22.6. The molecule has 0 atom stereocenters. The molecule has 1 rings (SSSR count). The van der Waals surface area contributed by atoms with E-state index in [0.29, 0.717) is 25.2 Å². The predicted octanol–water partition coefficient (Wildman–Crippen LogP) is 2.73. The Morgan fingerprint density at radius 3 is 2.18 bits per heavy atom. The van der Waals surface area contributed by atoms with Crippen LogP contribution in [-0.4, -0.2) is 32.0 Å². The molecule has 0 aliphatic heterocycles. The number of hydrogen-bond acceptors (Lipinski definition) is 3. The number of nitrogens with two attached hydrogens (primary N) is 1. The van der Waals surface area contributed by atoms with Gasteiger partial charge in [-0.2, -0.15) is 0 Å². The zero-order valence-corrected chi connectivity index (χ0v) is 11.8. The van der Waals surface area contributed by atoms with E-state index in [1.807, 2.05) is 0 Å². The zero-order valence-electron chi connectivity index (χ0n) is 11.8. The van der Waals surface area contributed by atoms with Gasteiger partial charge in [-0.15, -0.1) is 0 Å². The fraction of sp³-hybridized carbons (Fsp3) is 1.00. The van der Waals surface area contributed by atoms with Crippen LogP contribution in [0.4, 0.5) is 0 Å². The average molecular weight is 243 g/mol. The van der Waals surface area contributed by atoms with Crippen LogP contribution in [0.25, 0.3) is 0 Å². The minimum Gasteiger partial charge on any atom is -0.379 e. The second-order valence-electron chi connectivity index (χ2n) is 6.01. The third kappa shape index (κ3) is 4.94. The van der Waals surface area contributed by atoms with E-state index in [0.717, 1.165) is 25.9 Å². The smallest absolute Gasteiger partial charge is 0.0805 e. The predicted molar refractivity (Wildman–Crippen MR) is 71.1 cm³/mol. The summed E-state index contributed by atoms with van der Waals surface area (Å²) in [7, 11) is 0. The second kappa shape index (κ2) is 6.72. The van der Waals surface area contributed by atoms with Crippen molar-refractivity contribution >= 4 is 0 Å². The zero-order chi connectivity index (χ0) is 12.8.